The van der Waals surface area contributed by atoms with Crippen molar-refractivity contribution in [2.45, 2.75) is 4.90 Å². The summed E-state index contributed by atoms with van der Waals surface area (Å²) in [5, 5.41) is 0.456. The highest BCUT2D eigenvalue weighted by molar-refractivity contribution is 7.92. The molecule has 4 rings (SSSR count). The minimum Gasteiger partial charge on any atom is -0.435 e. The average Bonchev–Trinajstić information content (AvgIpc) is 2.69. The molecule has 0 atom stereocenters. The normalized spacial score (nSPS) is 11.3. The van der Waals surface area contributed by atoms with Crippen LogP contribution in [0.5, 0.6) is 11.6 Å². The number of rotatable bonds is 5. The number of halogens is 1. The van der Waals surface area contributed by atoms with Gasteiger partial charge < -0.3 is 4.74 Å². The highest BCUT2D eigenvalue weighted by atomic mass is 35.5. The summed E-state index contributed by atoms with van der Waals surface area (Å²) in [5.41, 5.74) is 1.71. The van der Waals surface area contributed by atoms with E-state index in [1.165, 1.54) is 30.5 Å². The highest BCUT2D eigenvalue weighted by Crippen LogP contribution is 2.30. The summed E-state index contributed by atoms with van der Waals surface area (Å²) in [5.74, 6) is 0.571. The smallest absolute Gasteiger partial charge is 0.262 e. The molecule has 6 nitrogen and oxygen atoms in total. The molecule has 0 fully saturated rings. The number of nitrogens with one attached hydrogen (secondary N) is 1. The van der Waals surface area contributed by atoms with E-state index in [2.05, 4.69) is 14.7 Å². The fourth-order valence-electron chi connectivity index (χ4n) is 2.56. The van der Waals surface area contributed by atoms with E-state index in [1.54, 1.807) is 24.3 Å². The lowest BCUT2D eigenvalue weighted by Crippen LogP contribution is -2.13. The third kappa shape index (κ3) is 3.90. The molecule has 0 radical (unpaired) electrons. The van der Waals surface area contributed by atoms with Crippen LogP contribution in [0.3, 0.4) is 0 Å². The summed E-state index contributed by atoms with van der Waals surface area (Å²) in [6, 6.07) is 20.0. The van der Waals surface area contributed by atoms with Gasteiger partial charge in [-0.25, -0.2) is 18.4 Å². The maximum atomic E-state index is 12.7. The molecule has 1 heterocycles. The maximum Gasteiger partial charge on any atom is 0.262 e. The van der Waals surface area contributed by atoms with Crippen molar-refractivity contribution in [1.29, 1.82) is 0 Å². The fourth-order valence-corrected chi connectivity index (χ4v) is 3.76. The first kappa shape index (κ1) is 18.2. The van der Waals surface area contributed by atoms with Crippen molar-refractivity contribution >= 4 is 38.3 Å². The molecule has 0 bridgehead atoms. The van der Waals surface area contributed by atoms with E-state index in [0.29, 0.717) is 16.3 Å². The predicted octanol–water partition coefficient (Wildman–Crippen LogP) is 4.88. The quantitative estimate of drug-likeness (QED) is 0.506. The van der Waals surface area contributed by atoms with Crippen molar-refractivity contribution in [3.8, 4) is 11.6 Å². The zero-order chi connectivity index (χ0) is 19.6. The molecule has 0 amide bonds. The molecule has 0 unspecified atom stereocenters. The van der Waals surface area contributed by atoms with Crippen LogP contribution >= 0.6 is 11.6 Å². The summed E-state index contributed by atoms with van der Waals surface area (Å²) < 4.78 is 33.6. The second-order valence-electron chi connectivity index (χ2n) is 5.85. The first-order valence-corrected chi connectivity index (χ1v) is 10.1. The van der Waals surface area contributed by atoms with Crippen LogP contribution in [0.1, 0.15) is 0 Å². The molecule has 0 saturated carbocycles. The Morgan fingerprint density at radius 3 is 2.32 bits per heavy atom. The molecule has 0 aliphatic rings. The van der Waals surface area contributed by atoms with E-state index in [0.717, 1.165) is 5.52 Å². The maximum absolute atomic E-state index is 12.7. The lowest BCUT2D eigenvalue weighted by Gasteiger charge is -2.13. The number of sulfonamides is 1. The monoisotopic (exact) mass is 411 g/mol. The molecule has 0 aliphatic carbocycles. The number of nitrogens with zero attached hydrogens (tertiary/aromatic N) is 2. The van der Waals surface area contributed by atoms with Gasteiger partial charge in [-0.1, -0.05) is 35.9 Å². The van der Waals surface area contributed by atoms with Crippen LogP contribution < -0.4 is 9.46 Å². The minimum absolute atomic E-state index is 0.0946. The van der Waals surface area contributed by atoms with Crippen LogP contribution in [0.4, 0.5) is 5.69 Å². The second-order valence-corrected chi connectivity index (χ2v) is 7.97. The Bertz CT molecular complexity index is 1250. The Morgan fingerprint density at radius 2 is 1.54 bits per heavy atom. The number of hydrogen-bond acceptors (Lipinski definition) is 5. The van der Waals surface area contributed by atoms with E-state index in [9.17, 15) is 8.42 Å². The van der Waals surface area contributed by atoms with Crippen LogP contribution in [0.25, 0.3) is 11.0 Å². The van der Waals surface area contributed by atoms with E-state index >= 15 is 0 Å². The molecule has 1 N–H and O–H groups in total. The topological polar surface area (TPSA) is 81.2 Å². The van der Waals surface area contributed by atoms with Crippen LogP contribution in [0.2, 0.25) is 5.02 Å². The Hall–Kier alpha value is -3.16. The van der Waals surface area contributed by atoms with Gasteiger partial charge in [0.25, 0.3) is 10.0 Å². The number of para-hydroxylation sites is 4. The molecular weight excluding hydrogens is 398 g/mol. The summed E-state index contributed by atoms with van der Waals surface area (Å²) in [6.45, 7) is 0. The van der Waals surface area contributed by atoms with Gasteiger partial charge in [-0.2, -0.15) is 0 Å². The first-order chi connectivity index (χ1) is 13.5. The van der Waals surface area contributed by atoms with E-state index < -0.39 is 10.0 Å². The van der Waals surface area contributed by atoms with Crippen LogP contribution in [-0.4, -0.2) is 18.4 Å². The lowest BCUT2D eigenvalue weighted by atomic mass is 10.3. The van der Waals surface area contributed by atoms with Crippen LogP contribution in [0.15, 0.2) is 83.9 Å². The zero-order valence-corrected chi connectivity index (χ0v) is 16.0. The van der Waals surface area contributed by atoms with Crippen LogP contribution in [-0.2, 0) is 10.0 Å². The van der Waals surface area contributed by atoms with Gasteiger partial charge in [-0.15, -0.1) is 0 Å². The molecule has 28 heavy (non-hydrogen) atoms. The molecule has 1 aromatic heterocycles. The van der Waals surface area contributed by atoms with Crippen LogP contribution in [0, 0.1) is 0 Å². The number of ether oxygens (including phenoxy) is 1. The van der Waals surface area contributed by atoms with Crippen molar-refractivity contribution < 1.29 is 13.2 Å². The molecule has 4 aromatic rings. The van der Waals surface area contributed by atoms with E-state index in [1.807, 2.05) is 24.3 Å². The number of aromatic nitrogens is 2. The van der Waals surface area contributed by atoms with Crippen molar-refractivity contribution in [2.24, 2.45) is 0 Å². The lowest BCUT2D eigenvalue weighted by molar-refractivity contribution is 0.465. The minimum atomic E-state index is -3.80. The fraction of sp³-hybridized carbons (Fsp3) is 0. The predicted molar refractivity (Wildman–Crippen MR) is 108 cm³/mol. The Morgan fingerprint density at radius 1 is 0.857 bits per heavy atom. The van der Waals surface area contributed by atoms with Crippen molar-refractivity contribution in [3.05, 3.63) is 84.0 Å². The van der Waals surface area contributed by atoms with Gasteiger partial charge in [0.05, 0.1) is 27.8 Å². The van der Waals surface area contributed by atoms with Crippen molar-refractivity contribution in [3.63, 3.8) is 0 Å². The summed E-state index contributed by atoms with van der Waals surface area (Å²) in [7, 11) is -3.80. The van der Waals surface area contributed by atoms with E-state index in [4.69, 9.17) is 16.3 Å². The van der Waals surface area contributed by atoms with Crippen molar-refractivity contribution in [2.75, 3.05) is 4.72 Å². The third-order valence-electron chi connectivity index (χ3n) is 3.90. The molecular formula is C20H14ClN3O3S. The van der Waals surface area contributed by atoms with Gasteiger partial charge in [0, 0.05) is 5.02 Å². The third-order valence-corrected chi connectivity index (χ3v) is 5.53. The summed E-state index contributed by atoms with van der Waals surface area (Å²) >= 11 is 5.83. The second kappa shape index (κ2) is 7.46. The number of fused-ring (bicyclic) bond motifs is 1. The van der Waals surface area contributed by atoms with Gasteiger partial charge in [0.15, 0.2) is 5.75 Å². The first-order valence-electron chi connectivity index (χ1n) is 8.28. The SMILES string of the molecule is O=S(=O)(Nc1ccccc1Oc1cnc2ccccc2n1)c1ccc(Cl)cc1. The standard InChI is InChI=1S/C20H14ClN3O3S/c21-14-9-11-15(12-10-14)28(25,26)24-18-7-3-4-8-19(18)27-20-13-22-16-5-1-2-6-17(16)23-20/h1-13,24H. The Kier molecular flexibility index (Phi) is 4.85. The summed E-state index contributed by atoms with van der Waals surface area (Å²) in [6.07, 6.45) is 1.49. The average molecular weight is 412 g/mol. The number of hydrogen-bond donors (Lipinski definition) is 1. The van der Waals surface area contributed by atoms with Gasteiger partial charge >= 0.3 is 0 Å². The van der Waals surface area contributed by atoms with Crippen molar-refractivity contribution in [1.82, 2.24) is 9.97 Å². The van der Waals surface area contributed by atoms with Gasteiger partial charge in [-0.3, -0.25) is 4.72 Å². The molecule has 3 aromatic carbocycles. The number of benzene rings is 3. The van der Waals surface area contributed by atoms with Gasteiger partial charge in [0.2, 0.25) is 5.88 Å². The van der Waals surface area contributed by atoms with Gasteiger partial charge in [0.1, 0.15) is 0 Å². The summed E-state index contributed by atoms with van der Waals surface area (Å²) in [4.78, 5) is 8.79. The Labute approximate surface area is 166 Å². The van der Waals surface area contributed by atoms with Gasteiger partial charge in [-0.05, 0) is 48.5 Å². The molecule has 140 valence electrons. The number of anilines is 1. The molecule has 0 saturated heterocycles. The molecule has 0 aliphatic heterocycles. The molecule has 8 heteroatoms. The van der Waals surface area contributed by atoms with E-state index in [-0.39, 0.29) is 16.5 Å². The highest BCUT2D eigenvalue weighted by Gasteiger charge is 2.17. The zero-order valence-electron chi connectivity index (χ0n) is 14.4. The largest absolute Gasteiger partial charge is 0.435 e. The molecule has 0 spiro atoms. The Balaban J connectivity index is 1.63.